The normalized spacial score (nSPS) is 10.4. The van der Waals surface area contributed by atoms with Gasteiger partial charge in [0, 0.05) is 21.2 Å². The molecular formula is C13H15IN4. The van der Waals surface area contributed by atoms with Gasteiger partial charge in [-0.15, -0.1) is 0 Å². The predicted molar refractivity (Wildman–Crippen MR) is 83.0 cm³/mol. The Morgan fingerprint density at radius 3 is 2.78 bits per heavy atom. The van der Waals surface area contributed by atoms with E-state index in [1.807, 2.05) is 32.0 Å². The van der Waals surface area contributed by atoms with E-state index in [0.29, 0.717) is 5.82 Å². The summed E-state index contributed by atoms with van der Waals surface area (Å²) < 4.78 is 1.17. The lowest BCUT2D eigenvalue weighted by Gasteiger charge is -2.11. The smallest absolute Gasteiger partial charge is 0.139 e. The molecule has 18 heavy (non-hydrogen) atoms. The number of aryl methyl sites for hydroxylation is 1. The first-order valence-corrected chi connectivity index (χ1v) is 6.83. The van der Waals surface area contributed by atoms with Gasteiger partial charge in [-0.25, -0.2) is 9.97 Å². The Balaban J connectivity index is 2.36. The number of hydrogen-bond acceptors (Lipinski definition) is 4. The molecule has 0 amide bonds. The van der Waals surface area contributed by atoms with Gasteiger partial charge < -0.3 is 11.1 Å². The molecule has 1 heterocycles. The zero-order valence-electron chi connectivity index (χ0n) is 10.4. The highest BCUT2D eigenvalue weighted by Crippen LogP contribution is 2.22. The fraction of sp³-hybridized carbons (Fsp3) is 0.231. The summed E-state index contributed by atoms with van der Waals surface area (Å²) in [6, 6.07) is 8.12. The fourth-order valence-electron chi connectivity index (χ4n) is 1.56. The van der Waals surface area contributed by atoms with Crippen LogP contribution in [0.1, 0.15) is 18.3 Å². The fourth-order valence-corrected chi connectivity index (χ4v) is 2.11. The summed E-state index contributed by atoms with van der Waals surface area (Å²) in [7, 11) is 0. The number of nitrogens with two attached hydrogens (primary N) is 1. The van der Waals surface area contributed by atoms with Crippen LogP contribution in [0.25, 0.3) is 0 Å². The van der Waals surface area contributed by atoms with Gasteiger partial charge in [-0.05, 0) is 47.7 Å². The van der Waals surface area contributed by atoms with E-state index < -0.39 is 0 Å². The Kier molecular flexibility index (Phi) is 4.00. The van der Waals surface area contributed by atoms with Crippen molar-refractivity contribution in [2.45, 2.75) is 20.3 Å². The molecule has 2 aromatic rings. The second-order valence-corrected chi connectivity index (χ2v) is 5.23. The van der Waals surface area contributed by atoms with Crippen LogP contribution >= 0.6 is 22.6 Å². The highest BCUT2D eigenvalue weighted by atomic mass is 127. The van der Waals surface area contributed by atoms with Gasteiger partial charge in [0.1, 0.15) is 17.5 Å². The first-order valence-electron chi connectivity index (χ1n) is 5.75. The molecule has 5 heteroatoms. The van der Waals surface area contributed by atoms with Crippen molar-refractivity contribution in [3.05, 3.63) is 39.2 Å². The monoisotopic (exact) mass is 354 g/mol. The van der Waals surface area contributed by atoms with Crippen molar-refractivity contribution in [2.75, 3.05) is 11.1 Å². The molecule has 0 spiro atoms. The van der Waals surface area contributed by atoms with E-state index in [0.717, 1.165) is 29.3 Å². The number of aromatic nitrogens is 2. The summed E-state index contributed by atoms with van der Waals surface area (Å²) in [6.07, 6.45) is 0.769. The van der Waals surface area contributed by atoms with E-state index in [1.54, 1.807) is 0 Å². The Hall–Kier alpha value is -1.37. The molecule has 0 unspecified atom stereocenters. The molecule has 2 rings (SSSR count). The summed E-state index contributed by atoms with van der Waals surface area (Å²) in [5, 5.41) is 3.29. The maximum absolute atomic E-state index is 5.89. The topological polar surface area (TPSA) is 63.8 Å². The highest BCUT2D eigenvalue weighted by Gasteiger charge is 2.08. The number of halogens is 1. The molecule has 0 aliphatic rings. The first-order chi connectivity index (χ1) is 8.60. The second kappa shape index (κ2) is 5.51. The van der Waals surface area contributed by atoms with Crippen LogP contribution in [0, 0.1) is 10.5 Å². The maximum atomic E-state index is 5.89. The SMILES string of the molecule is CCc1nc(N)c(C)c(Nc2cccc(I)c2)n1. The molecule has 1 aromatic carbocycles. The summed E-state index contributed by atoms with van der Waals surface area (Å²) >= 11 is 2.28. The number of rotatable bonds is 3. The molecule has 0 atom stereocenters. The van der Waals surface area contributed by atoms with Gasteiger partial charge in [-0.3, -0.25) is 0 Å². The van der Waals surface area contributed by atoms with Crippen LogP contribution in [0.2, 0.25) is 0 Å². The quantitative estimate of drug-likeness (QED) is 0.831. The zero-order chi connectivity index (χ0) is 13.1. The molecular weight excluding hydrogens is 339 g/mol. The molecule has 0 aliphatic carbocycles. The molecule has 0 aliphatic heterocycles. The van der Waals surface area contributed by atoms with Gasteiger partial charge >= 0.3 is 0 Å². The van der Waals surface area contributed by atoms with Crippen molar-refractivity contribution in [1.82, 2.24) is 9.97 Å². The molecule has 0 fully saturated rings. The molecule has 0 bridgehead atoms. The Bertz CT molecular complexity index is 569. The summed E-state index contributed by atoms with van der Waals surface area (Å²) in [5.74, 6) is 2.07. The van der Waals surface area contributed by atoms with Crippen molar-refractivity contribution in [1.29, 1.82) is 0 Å². The number of nitrogens with zero attached hydrogens (tertiary/aromatic N) is 2. The van der Waals surface area contributed by atoms with Crippen molar-refractivity contribution in [3.63, 3.8) is 0 Å². The van der Waals surface area contributed by atoms with Gasteiger partial charge in [0.2, 0.25) is 0 Å². The van der Waals surface area contributed by atoms with E-state index >= 15 is 0 Å². The third kappa shape index (κ3) is 2.90. The number of anilines is 3. The average Bonchev–Trinajstić information content (AvgIpc) is 2.34. The van der Waals surface area contributed by atoms with E-state index in [-0.39, 0.29) is 0 Å². The summed E-state index contributed by atoms with van der Waals surface area (Å²) in [4.78, 5) is 8.71. The molecule has 4 nitrogen and oxygen atoms in total. The van der Waals surface area contributed by atoms with Crippen LogP contribution in [0.3, 0.4) is 0 Å². The molecule has 1 aromatic heterocycles. The van der Waals surface area contributed by atoms with E-state index in [2.05, 4.69) is 43.9 Å². The third-order valence-electron chi connectivity index (χ3n) is 2.63. The van der Waals surface area contributed by atoms with Gasteiger partial charge in [0.25, 0.3) is 0 Å². The van der Waals surface area contributed by atoms with Crippen LogP contribution in [0.15, 0.2) is 24.3 Å². The van der Waals surface area contributed by atoms with Crippen LogP contribution in [0.4, 0.5) is 17.3 Å². The Labute approximate surface area is 120 Å². The third-order valence-corrected chi connectivity index (χ3v) is 3.30. The lowest BCUT2D eigenvalue weighted by Crippen LogP contribution is -2.06. The molecule has 94 valence electrons. The number of hydrogen-bond donors (Lipinski definition) is 2. The largest absolute Gasteiger partial charge is 0.383 e. The van der Waals surface area contributed by atoms with Crippen LogP contribution in [-0.4, -0.2) is 9.97 Å². The van der Waals surface area contributed by atoms with Crippen LogP contribution in [0.5, 0.6) is 0 Å². The van der Waals surface area contributed by atoms with Crippen molar-refractivity contribution >= 4 is 39.9 Å². The van der Waals surface area contributed by atoms with E-state index in [9.17, 15) is 0 Å². The Morgan fingerprint density at radius 2 is 2.11 bits per heavy atom. The first kappa shape index (κ1) is 13.1. The molecule has 0 radical (unpaired) electrons. The summed E-state index contributed by atoms with van der Waals surface area (Å²) in [5.41, 5.74) is 7.77. The highest BCUT2D eigenvalue weighted by molar-refractivity contribution is 14.1. The second-order valence-electron chi connectivity index (χ2n) is 3.99. The molecule has 0 saturated carbocycles. The van der Waals surface area contributed by atoms with Gasteiger partial charge in [0.15, 0.2) is 0 Å². The van der Waals surface area contributed by atoms with Gasteiger partial charge in [0.05, 0.1) is 0 Å². The van der Waals surface area contributed by atoms with Crippen molar-refractivity contribution < 1.29 is 0 Å². The van der Waals surface area contributed by atoms with Gasteiger partial charge in [-0.2, -0.15) is 0 Å². The number of nitrogen functional groups attached to an aromatic ring is 1. The minimum absolute atomic E-state index is 0.537. The Morgan fingerprint density at radius 1 is 1.33 bits per heavy atom. The standard InChI is InChI=1S/C13H15IN4/c1-3-11-17-12(15)8(2)13(18-11)16-10-6-4-5-9(14)7-10/h4-7H,3H2,1-2H3,(H3,15,16,17,18). The lowest BCUT2D eigenvalue weighted by atomic mass is 10.2. The minimum atomic E-state index is 0.537. The van der Waals surface area contributed by atoms with Crippen molar-refractivity contribution in [3.8, 4) is 0 Å². The molecule has 3 N–H and O–H groups in total. The van der Waals surface area contributed by atoms with E-state index in [4.69, 9.17) is 5.73 Å². The molecule has 0 saturated heterocycles. The lowest BCUT2D eigenvalue weighted by molar-refractivity contribution is 0.940. The van der Waals surface area contributed by atoms with Gasteiger partial charge in [-0.1, -0.05) is 13.0 Å². The average molecular weight is 354 g/mol. The van der Waals surface area contributed by atoms with Crippen LogP contribution < -0.4 is 11.1 Å². The minimum Gasteiger partial charge on any atom is -0.383 e. The van der Waals surface area contributed by atoms with E-state index in [1.165, 1.54) is 3.57 Å². The summed E-state index contributed by atoms with van der Waals surface area (Å²) in [6.45, 7) is 3.93. The van der Waals surface area contributed by atoms with Crippen LogP contribution in [-0.2, 0) is 6.42 Å². The predicted octanol–water partition coefficient (Wildman–Crippen LogP) is 3.28. The zero-order valence-corrected chi connectivity index (χ0v) is 12.5. The maximum Gasteiger partial charge on any atom is 0.139 e. The van der Waals surface area contributed by atoms with Crippen molar-refractivity contribution in [2.24, 2.45) is 0 Å². The number of benzene rings is 1. The number of nitrogens with one attached hydrogen (secondary N) is 1.